The molecule has 0 N–H and O–H groups in total. The van der Waals surface area contributed by atoms with Gasteiger partial charge in [-0.3, -0.25) is 4.90 Å². The standard InChI is InChI=1S/C54H41BN4O2S/c1-53-31-15-16-32-54(53,2)59-48-37(53)28-30-42-47(48)55(51-49(59)50-52(62-51)57(35-19-7-4-8-20-35)40-22-10-14-26-46(40)61-50)38-29-27-36-33-43(38)58(42)41-23-11-13-25-45(41)60-44-24-12-9-21-39(44)56(36)34-17-5-3-6-18-34/h3-14,17-30,33H,15-16,31-32H2,1-2H3. The van der Waals surface area contributed by atoms with E-state index in [1.165, 1.54) is 51.2 Å². The molecule has 6 heterocycles. The van der Waals surface area contributed by atoms with Gasteiger partial charge in [0.1, 0.15) is 5.00 Å². The third-order valence-corrected chi connectivity index (χ3v) is 16.2. The summed E-state index contributed by atoms with van der Waals surface area (Å²) in [6.07, 6.45) is 4.68. The van der Waals surface area contributed by atoms with Crippen LogP contribution in [0.3, 0.4) is 0 Å². The van der Waals surface area contributed by atoms with E-state index in [9.17, 15) is 0 Å². The Hall–Kier alpha value is -6.90. The summed E-state index contributed by atoms with van der Waals surface area (Å²) in [4.78, 5) is 10.1. The Labute approximate surface area is 365 Å². The first-order valence-electron chi connectivity index (χ1n) is 21.9. The number of hydrogen-bond donors (Lipinski definition) is 0. The smallest absolute Gasteiger partial charge is 0.264 e. The van der Waals surface area contributed by atoms with Crippen molar-refractivity contribution < 1.29 is 9.47 Å². The fourth-order valence-electron chi connectivity index (χ4n) is 12.0. The number of hydrogen-bond acceptors (Lipinski definition) is 7. The van der Waals surface area contributed by atoms with Crippen LogP contribution >= 0.6 is 11.3 Å². The maximum absolute atomic E-state index is 7.28. The maximum Gasteiger partial charge on any atom is 0.264 e. The third kappa shape index (κ3) is 4.35. The number of fused-ring (bicyclic) bond motifs is 15. The van der Waals surface area contributed by atoms with Crippen LogP contribution in [0.25, 0.3) is 0 Å². The van der Waals surface area contributed by atoms with Gasteiger partial charge in [0, 0.05) is 44.3 Å². The highest BCUT2D eigenvalue weighted by molar-refractivity contribution is 7.32. The summed E-state index contributed by atoms with van der Waals surface area (Å²) in [5.41, 5.74) is 15.2. The monoisotopic (exact) mass is 820 g/mol. The van der Waals surface area contributed by atoms with Crippen LogP contribution in [0.1, 0.15) is 45.1 Å². The molecule has 14 rings (SSSR count). The van der Waals surface area contributed by atoms with Crippen LogP contribution in [0.4, 0.5) is 61.9 Å². The Balaban J connectivity index is 1.10. The normalized spacial score (nSPS) is 20.4. The van der Waals surface area contributed by atoms with Crippen LogP contribution in [0.5, 0.6) is 23.0 Å². The average Bonchev–Trinajstić information content (AvgIpc) is 3.78. The molecule has 0 amide bonds. The van der Waals surface area contributed by atoms with Gasteiger partial charge in [0.15, 0.2) is 23.0 Å². The molecule has 1 saturated carbocycles. The number of nitrogens with zero attached hydrogens (tertiary/aromatic N) is 4. The van der Waals surface area contributed by atoms with Crippen LogP contribution < -0.4 is 44.8 Å². The fourth-order valence-corrected chi connectivity index (χ4v) is 13.4. The summed E-state index contributed by atoms with van der Waals surface area (Å²) in [6.45, 7) is 5.06. The molecule has 62 heavy (non-hydrogen) atoms. The van der Waals surface area contributed by atoms with Crippen molar-refractivity contribution in [3.8, 4) is 23.0 Å². The second-order valence-corrected chi connectivity index (χ2v) is 19.0. The van der Waals surface area contributed by atoms with Crippen molar-refractivity contribution in [3.05, 3.63) is 169 Å². The fraction of sp³-hybridized carbons (Fsp3) is 0.148. The zero-order valence-electron chi connectivity index (χ0n) is 34.5. The van der Waals surface area contributed by atoms with Crippen molar-refractivity contribution in [1.82, 2.24) is 0 Å². The van der Waals surface area contributed by atoms with E-state index < -0.39 is 0 Å². The van der Waals surface area contributed by atoms with Gasteiger partial charge in [-0.05, 0) is 115 Å². The molecule has 6 nitrogen and oxygen atoms in total. The third-order valence-electron chi connectivity index (χ3n) is 15.0. The molecular formula is C54H41BN4O2S. The second-order valence-electron chi connectivity index (χ2n) is 18.0. The predicted molar refractivity (Wildman–Crippen MR) is 256 cm³/mol. The Bertz CT molecular complexity index is 3190. The molecule has 2 atom stereocenters. The molecule has 5 aliphatic heterocycles. The Kier molecular flexibility index (Phi) is 6.93. The Morgan fingerprint density at radius 3 is 1.82 bits per heavy atom. The van der Waals surface area contributed by atoms with E-state index in [1.54, 1.807) is 0 Å². The molecule has 8 aromatic rings. The molecule has 8 heteroatoms. The molecule has 6 aliphatic rings. The predicted octanol–water partition coefficient (Wildman–Crippen LogP) is 13.3. The SMILES string of the molecule is CC12CCCCC1(C)N1c3c(sc4c3Oc3ccccc3N4c3ccccc3)B3c4ccc5cc4N(c4ccccc4Oc4ccccc4N5c4ccccc4)c4ccc2c1c43. The van der Waals surface area contributed by atoms with E-state index in [2.05, 4.69) is 197 Å². The van der Waals surface area contributed by atoms with E-state index in [0.717, 1.165) is 80.7 Å². The number of ether oxygens (including phenoxy) is 2. The Morgan fingerprint density at radius 2 is 1.11 bits per heavy atom. The molecule has 1 aliphatic carbocycles. The summed E-state index contributed by atoms with van der Waals surface area (Å²) in [6, 6.07) is 59.1. The van der Waals surface area contributed by atoms with Crippen molar-refractivity contribution in [2.45, 2.75) is 50.5 Å². The van der Waals surface area contributed by atoms with Gasteiger partial charge < -0.3 is 24.2 Å². The first-order chi connectivity index (χ1) is 30.5. The van der Waals surface area contributed by atoms with Crippen molar-refractivity contribution >= 4 is 95.6 Å². The lowest BCUT2D eigenvalue weighted by Gasteiger charge is -2.51. The number of para-hydroxylation sites is 8. The molecule has 2 unspecified atom stereocenters. The highest BCUT2D eigenvalue weighted by Gasteiger charge is 2.63. The quantitative estimate of drug-likeness (QED) is 0.162. The van der Waals surface area contributed by atoms with E-state index in [-0.39, 0.29) is 17.7 Å². The largest absolute Gasteiger partial charge is 0.453 e. The molecule has 0 spiro atoms. The summed E-state index contributed by atoms with van der Waals surface area (Å²) >= 11 is 1.91. The van der Waals surface area contributed by atoms with Crippen LogP contribution in [0.2, 0.25) is 0 Å². The topological polar surface area (TPSA) is 31.4 Å². The van der Waals surface area contributed by atoms with Gasteiger partial charge in [-0.15, -0.1) is 11.3 Å². The summed E-state index contributed by atoms with van der Waals surface area (Å²) in [5, 5.41) is 1.13. The van der Waals surface area contributed by atoms with E-state index in [1.807, 2.05) is 11.3 Å². The highest BCUT2D eigenvalue weighted by atomic mass is 32.1. The van der Waals surface area contributed by atoms with Crippen LogP contribution in [-0.2, 0) is 5.41 Å². The number of thiophene rings is 1. The van der Waals surface area contributed by atoms with Crippen molar-refractivity contribution in [1.29, 1.82) is 0 Å². The van der Waals surface area contributed by atoms with Crippen LogP contribution in [0.15, 0.2) is 164 Å². The first-order valence-corrected chi connectivity index (χ1v) is 22.7. The van der Waals surface area contributed by atoms with Crippen molar-refractivity contribution in [2.75, 3.05) is 19.6 Å². The maximum atomic E-state index is 7.28. The minimum Gasteiger partial charge on any atom is -0.453 e. The van der Waals surface area contributed by atoms with E-state index in [0.29, 0.717) is 0 Å². The van der Waals surface area contributed by atoms with Crippen molar-refractivity contribution in [2.24, 2.45) is 0 Å². The average molecular weight is 821 g/mol. The summed E-state index contributed by atoms with van der Waals surface area (Å²) in [5.74, 6) is 3.46. The lowest BCUT2D eigenvalue weighted by Crippen LogP contribution is -2.63. The number of rotatable bonds is 2. The highest BCUT2D eigenvalue weighted by Crippen LogP contribution is 2.67. The molecule has 0 saturated heterocycles. The summed E-state index contributed by atoms with van der Waals surface area (Å²) < 4.78 is 15.7. The summed E-state index contributed by atoms with van der Waals surface area (Å²) in [7, 11) is 0. The van der Waals surface area contributed by atoms with Gasteiger partial charge in [0.2, 0.25) is 0 Å². The zero-order valence-corrected chi connectivity index (χ0v) is 35.3. The lowest BCUT2D eigenvalue weighted by atomic mass is 9.36. The lowest BCUT2D eigenvalue weighted by molar-refractivity contribution is 0.194. The number of anilines is 11. The molecule has 1 aromatic heterocycles. The van der Waals surface area contributed by atoms with Crippen LogP contribution in [-0.4, -0.2) is 12.3 Å². The molecule has 298 valence electrons. The van der Waals surface area contributed by atoms with E-state index in [4.69, 9.17) is 9.47 Å². The second kappa shape index (κ2) is 12.4. The van der Waals surface area contributed by atoms with Gasteiger partial charge in [-0.2, -0.15) is 0 Å². The molecular weight excluding hydrogens is 779 g/mol. The van der Waals surface area contributed by atoms with Gasteiger partial charge in [-0.1, -0.05) is 105 Å². The molecule has 2 bridgehead atoms. The van der Waals surface area contributed by atoms with Gasteiger partial charge in [0.05, 0.1) is 28.3 Å². The van der Waals surface area contributed by atoms with Gasteiger partial charge >= 0.3 is 0 Å². The number of benzene rings is 7. The van der Waals surface area contributed by atoms with Gasteiger partial charge in [0.25, 0.3) is 6.71 Å². The molecule has 7 aromatic carbocycles. The molecule has 0 radical (unpaired) electrons. The van der Waals surface area contributed by atoms with Crippen molar-refractivity contribution in [3.63, 3.8) is 0 Å². The zero-order chi connectivity index (χ0) is 40.9. The van der Waals surface area contributed by atoms with Crippen LogP contribution in [0, 0.1) is 0 Å². The van der Waals surface area contributed by atoms with E-state index >= 15 is 0 Å². The first kappa shape index (κ1) is 34.8. The minimum atomic E-state index is -0.161. The molecule has 1 fully saturated rings. The minimum absolute atomic E-state index is 0.0349. The Morgan fingerprint density at radius 1 is 0.516 bits per heavy atom. The van der Waals surface area contributed by atoms with Gasteiger partial charge in [-0.25, -0.2) is 0 Å².